The van der Waals surface area contributed by atoms with Gasteiger partial charge in [-0.3, -0.25) is 9.59 Å². The number of anilines is 3. The van der Waals surface area contributed by atoms with Crippen molar-refractivity contribution in [2.75, 3.05) is 24.3 Å². The molecule has 1 aliphatic carbocycles. The molecule has 8 heteroatoms. The standard InChI is InChI=1S/C23H24N4O3S/c1-30-19-9-5-8-17(14-19)25-23-26-20(15-31-23)22(29)27(18-10-11-18)13-12-21(28)24-16-6-3-2-4-7-16/h2-9,14-15,18H,10-13H2,1H3,(H,24,28)(H,25,26). The highest BCUT2D eigenvalue weighted by Gasteiger charge is 2.34. The number of methoxy groups -OCH3 is 1. The average molecular weight is 437 g/mol. The van der Waals surface area contributed by atoms with Crippen molar-refractivity contribution >= 4 is 39.7 Å². The summed E-state index contributed by atoms with van der Waals surface area (Å²) in [6, 6.07) is 17.0. The van der Waals surface area contributed by atoms with Gasteiger partial charge in [-0.2, -0.15) is 0 Å². The molecule has 2 aromatic carbocycles. The number of nitrogens with zero attached hydrogens (tertiary/aromatic N) is 2. The van der Waals surface area contributed by atoms with E-state index in [2.05, 4.69) is 15.6 Å². The molecule has 1 fully saturated rings. The zero-order valence-electron chi connectivity index (χ0n) is 17.2. The molecule has 0 bridgehead atoms. The van der Waals surface area contributed by atoms with E-state index in [4.69, 9.17) is 4.74 Å². The molecule has 3 aromatic rings. The van der Waals surface area contributed by atoms with Gasteiger partial charge in [0.1, 0.15) is 11.4 Å². The Morgan fingerprint density at radius 2 is 1.90 bits per heavy atom. The van der Waals surface area contributed by atoms with Gasteiger partial charge in [-0.05, 0) is 37.1 Å². The number of thiazole rings is 1. The molecule has 0 unspecified atom stereocenters. The second-order valence-electron chi connectivity index (χ2n) is 7.29. The van der Waals surface area contributed by atoms with E-state index >= 15 is 0 Å². The van der Waals surface area contributed by atoms with E-state index in [0.29, 0.717) is 17.4 Å². The number of aromatic nitrogens is 1. The minimum atomic E-state index is -0.134. The van der Waals surface area contributed by atoms with Gasteiger partial charge in [0.15, 0.2) is 5.13 Å². The molecular formula is C23H24N4O3S. The van der Waals surface area contributed by atoms with Gasteiger partial charge in [0.25, 0.3) is 5.91 Å². The third kappa shape index (κ3) is 5.61. The van der Waals surface area contributed by atoms with Gasteiger partial charge in [0, 0.05) is 41.8 Å². The van der Waals surface area contributed by atoms with Crippen molar-refractivity contribution in [1.29, 1.82) is 0 Å². The maximum atomic E-state index is 13.1. The van der Waals surface area contributed by atoms with Crippen LogP contribution in [0.5, 0.6) is 5.75 Å². The van der Waals surface area contributed by atoms with Crippen molar-refractivity contribution in [2.24, 2.45) is 0 Å². The van der Waals surface area contributed by atoms with E-state index in [1.54, 1.807) is 17.4 Å². The van der Waals surface area contributed by atoms with Crippen LogP contribution < -0.4 is 15.4 Å². The van der Waals surface area contributed by atoms with Gasteiger partial charge in [-0.25, -0.2) is 4.98 Å². The van der Waals surface area contributed by atoms with Crippen molar-refractivity contribution in [3.63, 3.8) is 0 Å². The SMILES string of the molecule is COc1cccc(Nc2nc(C(=O)N(CCC(=O)Nc3ccccc3)C3CC3)cs2)c1. The molecule has 0 saturated heterocycles. The third-order valence-electron chi connectivity index (χ3n) is 4.93. The van der Waals surface area contributed by atoms with Crippen LogP contribution in [0.15, 0.2) is 60.0 Å². The van der Waals surface area contributed by atoms with Gasteiger partial charge < -0.3 is 20.3 Å². The lowest BCUT2D eigenvalue weighted by Gasteiger charge is -2.21. The normalized spacial score (nSPS) is 12.8. The Kier molecular flexibility index (Phi) is 6.47. The zero-order chi connectivity index (χ0) is 21.6. The van der Waals surface area contributed by atoms with Crippen molar-refractivity contribution < 1.29 is 14.3 Å². The monoisotopic (exact) mass is 436 g/mol. The van der Waals surface area contributed by atoms with Gasteiger partial charge >= 0.3 is 0 Å². The topological polar surface area (TPSA) is 83.6 Å². The van der Waals surface area contributed by atoms with Gasteiger partial charge in [-0.1, -0.05) is 24.3 Å². The largest absolute Gasteiger partial charge is 0.497 e. The van der Waals surface area contributed by atoms with Gasteiger partial charge in [-0.15, -0.1) is 11.3 Å². The summed E-state index contributed by atoms with van der Waals surface area (Å²) in [6.07, 6.45) is 2.17. The molecule has 2 amide bonds. The van der Waals surface area contributed by atoms with Crippen LogP contribution in [0.25, 0.3) is 0 Å². The molecule has 1 saturated carbocycles. The van der Waals surface area contributed by atoms with E-state index in [1.165, 1.54) is 11.3 Å². The number of hydrogen-bond donors (Lipinski definition) is 2. The molecule has 1 aliphatic rings. The molecule has 0 spiro atoms. The Morgan fingerprint density at radius 3 is 2.65 bits per heavy atom. The second kappa shape index (κ2) is 9.61. The molecule has 1 heterocycles. The van der Waals surface area contributed by atoms with E-state index < -0.39 is 0 Å². The van der Waals surface area contributed by atoms with E-state index in [-0.39, 0.29) is 24.3 Å². The third-order valence-corrected chi connectivity index (χ3v) is 5.69. The highest BCUT2D eigenvalue weighted by atomic mass is 32.1. The maximum absolute atomic E-state index is 13.1. The summed E-state index contributed by atoms with van der Waals surface area (Å²) < 4.78 is 5.23. The summed E-state index contributed by atoms with van der Waals surface area (Å²) in [5.74, 6) is 0.500. The second-order valence-corrected chi connectivity index (χ2v) is 8.15. The Labute approximate surface area is 185 Å². The fourth-order valence-corrected chi connectivity index (χ4v) is 3.91. The molecular weight excluding hydrogens is 412 g/mol. The first-order chi connectivity index (χ1) is 15.1. The summed E-state index contributed by atoms with van der Waals surface area (Å²) in [6.45, 7) is 0.373. The molecule has 1 aromatic heterocycles. The summed E-state index contributed by atoms with van der Waals surface area (Å²) >= 11 is 1.37. The van der Waals surface area contributed by atoms with Crippen LogP contribution >= 0.6 is 11.3 Å². The Morgan fingerprint density at radius 1 is 1.13 bits per heavy atom. The van der Waals surface area contributed by atoms with E-state index in [0.717, 1.165) is 30.0 Å². The summed E-state index contributed by atoms with van der Waals surface area (Å²) in [5.41, 5.74) is 1.99. The van der Waals surface area contributed by atoms with E-state index in [9.17, 15) is 9.59 Å². The number of carbonyl (C=O) groups excluding carboxylic acids is 2. The predicted molar refractivity (Wildman–Crippen MR) is 122 cm³/mol. The lowest BCUT2D eigenvalue weighted by atomic mass is 10.3. The first kappa shape index (κ1) is 20.9. The smallest absolute Gasteiger partial charge is 0.273 e. The number of amides is 2. The number of benzene rings is 2. The summed E-state index contributed by atoms with van der Waals surface area (Å²) in [4.78, 5) is 31.6. The minimum absolute atomic E-state index is 0.108. The van der Waals surface area contributed by atoms with Crippen molar-refractivity contribution in [1.82, 2.24) is 9.88 Å². The minimum Gasteiger partial charge on any atom is -0.497 e. The Bertz CT molecular complexity index is 1050. The summed E-state index contributed by atoms with van der Waals surface area (Å²) in [5, 5.41) is 8.46. The first-order valence-corrected chi connectivity index (χ1v) is 11.0. The van der Waals surface area contributed by atoms with Crippen LogP contribution in [0.2, 0.25) is 0 Å². The predicted octanol–water partition coefficient (Wildman–Crippen LogP) is 4.53. The van der Waals surface area contributed by atoms with Crippen LogP contribution in [0.1, 0.15) is 29.8 Å². The van der Waals surface area contributed by atoms with Crippen molar-refractivity contribution in [2.45, 2.75) is 25.3 Å². The molecule has 4 rings (SSSR count). The van der Waals surface area contributed by atoms with E-state index in [1.807, 2.05) is 54.6 Å². The highest BCUT2D eigenvalue weighted by molar-refractivity contribution is 7.14. The molecule has 2 N–H and O–H groups in total. The van der Waals surface area contributed by atoms with Gasteiger partial charge in [0.2, 0.25) is 5.91 Å². The van der Waals surface area contributed by atoms with Crippen LogP contribution in [-0.4, -0.2) is 41.4 Å². The number of ether oxygens (including phenoxy) is 1. The number of nitrogens with one attached hydrogen (secondary N) is 2. The molecule has 31 heavy (non-hydrogen) atoms. The van der Waals surface area contributed by atoms with Crippen LogP contribution in [0.4, 0.5) is 16.5 Å². The van der Waals surface area contributed by atoms with Crippen molar-refractivity contribution in [3.05, 3.63) is 65.7 Å². The molecule has 160 valence electrons. The van der Waals surface area contributed by atoms with Crippen molar-refractivity contribution in [3.8, 4) is 5.75 Å². The average Bonchev–Trinajstić information content (AvgIpc) is 3.52. The summed E-state index contributed by atoms with van der Waals surface area (Å²) in [7, 11) is 1.62. The van der Waals surface area contributed by atoms with Crippen LogP contribution in [-0.2, 0) is 4.79 Å². The number of carbonyl (C=O) groups is 2. The Hall–Kier alpha value is -3.39. The highest BCUT2D eigenvalue weighted by Crippen LogP contribution is 2.30. The molecule has 0 aliphatic heterocycles. The number of hydrogen-bond acceptors (Lipinski definition) is 6. The zero-order valence-corrected chi connectivity index (χ0v) is 18.0. The fourth-order valence-electron chi connectivity index (χ4n) is 3.20. The van der Waals surface area contributed by atoms with Crippen LogP contribution in [0.3, 0.4) is 0 Å². The fraction of sp³-hybridized carbons (Fsp3) is 0.261. The van der Waals surface area contributed by atoms with Crippen LogP contribution in [0, 0.1) is 0 Å². The molecule has 0 radical (unpaired) electrons. The number of rotatable bonds is 9. The molecule has 0 atom stereocenters. The lowest BCUT2D eigenvalue weighted by Crippen LogP contribution is -2.35. The molecule has 7 nitrogen and oxygen atoms in total. The quantitative estimate of drug-likeness (QED) is 0.515. The Balaban J connectivity index is 1.36. The first-order valence-electron chi connectivity index (χ1n) is 10.1. The lowest BCUT2D eigenvalue weighted by molar-refractivity contribution is -0.116. The van der Waals surface area contributed by atoms with Gasteiger partial charge in [0.05, 0.1) is 7.11 Å². The number of para-hydroxylation sites is 1. The maximum Gasteiger partial charge on any atom is 0.273 e.